The summed E-state index contributed by atoms with van der Waals surface area (Å²) in [7, 11) is 1.16. The van der Waals surface area contributed by atoms with Gasteiger partial charge in [-0.15, -0.1) is 6.54 Å². The number of cyclic esters (lactones) is 1. The Balaban J connectivity index is 0.00000200. The van der Waals surface area contributed by atoms with Crippen molar-refractivity contribution in [1.29, 1.82) is 0 Å². The summed E-state index contributed by atoms with van der Waals surface area (Å²) in [4.78, 5) is 24.0. The van der Waals surface area contributed by atoms with E-state index in [0.29, 0.717) is 0 Å². The molecule has 105 valence electrons. The Morgan fingerprint density at radius 2 is 2.30 bits per heavy atom. The molecule has 1 heterocycles. The van der Waals surface area contributed by atoms with Gasteiger partial charge in [-0.1, -0.05) is 0 Å². The van der Waals surface area contributed by atoms with Gasteiger partial charge in [0.15, 0.2) is 0 Å². The summed E-state index contributed by atoms with van der Waals surface area (Å²) < 4.78 is 23.1. The van der Waals surface area contributed by atoms with E-state index in [-0.39, 0.29) is 68.4 Å². The molecule has 0 aliphatic carbocycles. The average Bonchev–Trinajstić information content (AvgIpc) is 2.79. The van der Waals surface area contributed by atoms with Crippen LogP contribution >= 0.6 is 0 Å². The monoisotopic (exact) mass is 494 g/mol. The molecule has 2 rings (SSSR count). The summed E-state index contributed by atoms with van der Waals surface area (Å²) >= 11 is 0. The van der Waals surface area contributed by atoms with E-state index in [1.54, 1.807) is 0 Å². The van der Waals surface area contributed by atoms with Crippen molar-refractivity contribution in [3.63, 3.8) is 0 Å². The zero-order valence-corrected chi connectivity index (χ0v) is 15.5. The van der Waals surface area contributed by atoms with Crippen LogP contribution in [0.5, 0.6) is 0 Å². The van der Waals surface area contributed by atoms with Gasteiger partial charge in [0.05, 0.1) is 24.9 Å². The number of hydrogen-bond donors (Lipinski definition) is 0. The molecule has 20 heavy (non-hydrogen) atoms. The van der Waals surface area contributed by atoms with Crippen molar-refractivity contribution >= 4 is 17.7 Å². The fourth-order valence-corrected chi connectivity index (χ4v) is 1.79. The number of halogens is 1. The first-order valence-corrected chi connectivity index (χ1v) is 5.57. The number of ether oxygens (including phenoxy) is 2. The van der Waals surface area contributed by atoms with E-state index >= 15 is 0 Å². The molecule has 1 saturated heterocycles. The minimum Gasteiger partial charge on any atom is -0.674 e. The number of anilines is 1. The van der Waals surface area contributed by atoms with Gasteiger partial charge in [-0.2, -0.15) is 0 Å². The van der Waals surface area contributed by atoms with Gasteiger partial charge in [-0.25, -0.2) is 14.0 Å². The minimum atomic E-state index is -0.780. The third-order valence-electron chi connectivity index (χ3n) is 2.77. The van der Waals surface area contributed by atoms with Crippen LogP contribution in [0.2, 0.25) is 0 Å². The van der Waals surface area contributed by atoms with E-state index in [4.69, 9.17) is 10.5 Å². The Morgan fingerprint density at radius 1 is 1.60 bits per heavy atom. The summed E-state index contributed by atoms with van der Waals surface area (Å²) in [5, 5.41) is 0. The number of nitrogens with zero attached hydrogens (tertiary/aromatic N) is 1. The van der Waals surface area contributed by atoms with Gasteiger partial charge in [0.2, 0.25) is 0 Å². The van der Waals surface area contributed by atoms with Crippen molar-refractivity contribution in [3.05, 3.63) is 35.3 Å². The SMILES string of the molecule is COC(=O)c1ccc(N2C[C@H](C[NH-])OC2=O)cc1F.[Ac]. The van der Waals surface area contributed by atoms with E-state index in [0.717, 1.165) is 13.2 Å². The van der Waals surface area contributed by atoms with Crippen LogP contribution in [0.4, 0.5) is 14.9 Å². The second kappa shape index (κ2) is 7.34. The molecule has 0 saturated carbocycles. The summed E-state index contributed by atoms with van der Waals surface area (Å²) in [6.45, 7) is 0.143. The first-order valence-electron chi connectivity index (χ1n) is 5.57. The van der Waals surface area contributed by atoms with Crippen LogP contribution in [0.1, 0.15) is 10.4 Å². The standard InChI is InChI=1S/C12H12FN2O4.Ac/c1-18-11(16)9-3-2-7(4-10(9)13)15-6-8(5-14)19-12(15)17;/h2-4,8,14H,5-6H2,1H3;/q-1;/t8-;/m0./s1. The van der Waals surface area contributed by atoms with Crippen molar-refractivity contribution in [2.45, 2.75) is 6.10 Å². The molecule has 0 aromatic heterocycles. The van der Waals surface area contributed by atoms with Gasteiger partial charge >= 0.3 is 12.1 Å². The number of carbonyl (C=O) groups is 2. The van der Waals surface area contributed by atoms with E-state index in [1.807, 2.05) is 0 Å². The molecule has 1 aromatic carbocycles. The van der Waals surface area contributed by atoms with Crippen LogP contribution in [-0.2, 0) is 9.47 Å². The fraction of sp³-hybridized carbons (Fsp3) is 0.333. The van der Waals surface area contributed by atoms with Gasteiger partial charge in [0, 0.05) is 44.1 Å². The molecular weight excluding hydrogens is 482 g/mol. The van der Waals surface area contributed by atoms with Crippen LogP contribution in [0, 0.1) is 49.9 Å². The maximum Gasteiger partial charge on any atom is 0.414 e. The molecule has 1 aliphatic heterocycles. The molecule has 1 radical (unpaired) electrons. The largest absolute Gasteiger partial charge is 0.674 e. The van der Waals surface area contributed by atoms with Crippen molar-refractivity contribution in [2.75, 3.05) is 25.1 Å². The number of nitrogens with one attached hydrogen (secondary N) is 1. The van der Waals surface area contributed by atoms with E-state index in [9.17, 15) is 14.0 Å². The van der Waals surface area contributed by atoms with Crippen molar-refractivity contribution in [1.82, 2.24) is 0 Å². The molecule has 1 fully saturated rings. The molecule has 1 aromatic rings. The van der Waals surface area contributed by atoms with Crippen molar-refractivity contribution in [3.8, 4) is 0 Å². The fourth-order valence-electron chi connectivity index (χ4n) is 1.79. The predicted octanol–water partition coefficient (Wildman–Crippen LogP) is 1.99. The number of amides is 1. The number of rotatable bonds is 3. The van der Waals surface area contributed by atoms with E-state index < -0.39 is 24.0 Å². The molecule has 0 spiro atoms. The van der Waals surface area contributed by atoms with Crippen molar-refractivity contribution < 1.29 is 67.5 Å². The third kappa shape index (κ3) is 3.48. The Labute approximate surface area is 150 Å². The zero-order chi connectivity index (χ0) is 14.0. The maximum absolute atomic E-state index is 13.7. The molecule has 6 nitrogen and oxygen atoms in total. The molecule has 1 amide bonds. The summed E-state index contributed by atoms with van der Waals surface area (Å²) in [6.07, 6.45) is -1.14. The summed E-state index contributed by atoms with van der Waals surface area (Å²) in [6, 6.07) is 3.75. The minimum absolute atomic E-state index is 0. The summed E-state index contributed by atoms with van der Waals surface area (Å²) in [5.74, 6) is -1.55. The third-order valence-corrected chi connectivity index (χ3v) is 2.77. The molecule has 1 N–H and O–H groups in total. The number of benzene rings is 1. The molecular formula is C12H12AcFN2O4-. The normalized spacial score (nSPS) is 17.4. The quantitative estimate of drug-likeness (QED) is 0.603. The van der Waals surface area contributed by atoms with Gasteiger partial charge < -0.3 is 15.2 Å². The van der Waals surface area contributed by atoms with E-state index in [2.05, 4.69) is 4.74 Å². The second-order valence-electron chi connectivity index (χ2n) is 3.98. The topological polar surface area (TPSA) is 79.6 Å². The summed E-state index contributed by atoms with van der Waals surface area (Å²) in [5.41, 5.74) is 7.25. The first-order chi connectivity index (χ1) is 9.06. The van der Waals surface area contributed by atoms with Gasteiger partial charge in [0.25, 0.3) is 0 Å². The molecule has 1 aliphatic rings. The average molecular weight is 494 g/mol. The van der Waals surface area contributed by atoms with Gasteiger partial charge in [0.1, 0.15) is 11.9 Å². The molecule has 1 atom stereocenters. The van der Waals surface area contributed by atoms with Crippen LogP contribution in [0.25, 0.3) is 5.73 Å². The van der Waals surface area contributed by atoms with E-state index in [1.165, 1.54) is 17.0 Å². The number of hydrogen-bond acceptors (Lipinski definition) is 4. The van der Waals surface area contributed by atoms with Gasteiger partial charge in [-0.3, -0.25) is 4.90 Å². The number of esters is 1. The maximum atomic E-state index is 13.7. The number of carbonyl (C=O) groups excluding carboxylic acids is 2. The smallest absolute Gasteiger partial charge is 0.414 e. The Hall–Kier alpha value is -0.708. The predicted molar refractivity (Wildman–Crippen MR) is 64.5 cm³/mol. The van der Waals surface area contributed by atoms with Crippen LogP contribution in [-0.4, -0.2) is 38.4 Å². The zero-order valence-electron chi connectivity index (χ0n) is 10.8. The van der Waals surface area contributed by atoms with Crippen LogP contribution in [0.3, 0.4) is 0 Å². The van der Waals surface area contributed by atoms with Crippen molar-refractivity contribution in [2.24, 2.45) is 0 Å². The second-order valence-corrected chi connectivity index (χ2v) is 3.98. The van der Waals surface area contributed by atoms with Crippen LogP contribution < -0.4 is 4.90 Å². The number of methoxy groups -OCH3 is 1. The van der Waals surface area contributed by atoms with Crippen LogP contribution in [0.15, 0.2) is 18.2 Å². The Kier molecular flexibility index (Phi) is 6.37. The first kappa shape index (κ1) is 17.3. The Morgan fingerprint density at radius 3 is 2.80 bits per heavy atom. The molecule has 8 heteroatoms. The Bertz CT molecular complexity index is 526. The molecule has 0 bridgehead atoms. The van der Waals surface area contributed by atoms with Gasteiger partial charge in [-0.05, 0) is 18.2 Å². The molecule has 0 unspecified atom stereocenters.